The molecule has 0 N–H and O–H groups in total. The van der Waals surface area contributed by atoms with Gasteiger partial charge in [-0.2, -0.15) is 13.2 Å². The fourth-order valence-corrected chi connectivity index (χ4v) is 0.586. The summed E-state index contributed by atoms with van der Waals surface area (Å²) in [5.41, 5.74) is -1.31. The zero-order chi connectivity index (χ0) is 9.78. The van der Waals surface area contributed by atoms with Crippen molar-refractivity contribution < 1.29 is 17.6 Å². The molecule has 0 bridgehead atoms. The summed E-state index contributed by atoms with van der Waals surface area (Å²) < 4.78 is 48.3. The van der Waals surface area contributed by atoms with E-state index in [9.17, 15) is 17.6 Å². The Morgan fingerprint density at radius 1 is 1.33 bits per heavy atom. The van der Waals surface area contributed by atoms with Crippen molar-refractivity contribution in [2.24, 2.45) is 0 Å². The molecule has 0 unspecified atom stereocenters. The Labute approximate surface area is 67.9 Å². The molecule has 0 amide bonds. The molecule has 0 atom stereocenters. The standard InChI is InChI=1S/C8H8F4/c1-3-5-6(7(9)4-2)8(10,11)12/h3-5H,2H2,1H3/b5-3+,7-6-. The van der Waals surface area contributed by atoms with E-state index in [-0.39, 0.29) is 0 Å². The summed E-state index contributed by atoms with van der Waals surface area (Å²) in [5.74, 6) is -1.36. The van der Waals surface area contributed by atoms with Crippen LogP contribution in [0.2, 0.25) is 0 Å². The smallest absolute Gasteiger partial charge is 0.206 e. The third-order valence-corrected chi connectivity index (χ3v) is 1.08. The van der Waals surface area contributed by atoms with E-state index < -0.39 is 17.6 Å². The number of hydrogen-bond acceptors (Lipinski definition) is 0. The van der Waals surface area contributed by atoms with E-state index in [1.807, 2.05) is 0 Å². The van der Waals surface area contributed by atoms with Crippen LogP contribution in [-0.2, 0) is 0 Å². The minimum atomic E-state index is -4.66. The Hall–Kier alpha value is -1.06. The monoisotopic (exact) mass is 180 g/mol. The molecule has 0 heterocycles. The van der Waals surface area contributed by atoms with Crippen molar-refractivity contribution in [1.82, 2.24) is 0 Å². The van der Waals surface area contributed by atoms with Crippen LogP contribution in [0.4, 0.5) is 17.6 Å². The summed E-state index contributed by atoms with van der Waals surface area (Å²) in [5, 5.41) is 0. The quantitative estimate of drug-likeness (QED) is 0.450. The molecule has 0 aromatic carbocycles. The van der Waals surface area contributed by atoms with Gasteiger partial charge in [0.15, 0.2) is 0 Å². The third kappa shape index (κ3) is 2.90. The molecule has 0 aliphatic carbocycles. The van der Waals surface area contributed by atoms with E-state index in [4.69, 9.17) is 0 Å². The highest BCUT2D eigenvalue weighted by Crippen LogP contribution is 2.30. The third-order valence-electron chi connectivity index (χ3n) is 1.08. The van der Waals surface area contributed by atoms with Gasteiger partial charge in [-0.05, 0) is 13.0 Å². The molecular formula is C8H8F4. The number of rotatable bonds is 2. The molecular weight excluding hydrogens is 172 g/mol. The maximum Gasteiger partial charge on any atom is 0.419 e. The molecule has 0 nitrogen and oxygen atoms in total. The molecule has 0 spiro atoms. The Kier molecular flexibility index (Phi) is 3.73. The minimum Gasteiger partial charge on any atom is -0.206 e. The van der Waals surface area contributed by atoms with Gasteiger partial charge in [-0.1, -0.05) is 18.7 Å². The summed E-state index contributed by atoms with van der Waals surface area (Å²) in [6.45, 7) is 4.29. The number of hydrogen-bond donors (Lipinski definition) is 0. The van der Waals surface area contributed by atoms with Crippen molar-refractivity contribution >= 4 is 0 Å². The molecule has 0 fully saturated rings. The molecule has 4 heteroatoms. The van der Waals surface area contributed by atoms with Gasteiger partial charge in [0.1, 0.15) is 5.83 Å². The van der Waals surface area contributed by atoms with Crippen molar-refractivity contribution in [1.29, 1.82) is 0 Å². The van der Waals surface area contributed by atoms with Gasteiger partial charge in [-0.3, -0.25) is 0 Å². The first-order valence-corrected chi connectivity index (χ1v) is 3.15. The van der Waals surface area contributed by atoms with Crippen molar-refractivity contribution in [3.63, 3.8) is 0 Å². The Bertz CT molecular complexity index is 220. The second-order valence-electron chi connectivity index (χ2n) is 1.96. The van der Waals surface area contributed by atoms with E-state index in [1.165, 1.54) is 6.92 Å². The average molecular weight is 180 g/mol. The van der Waals surface area contributed by atoms with Gasteiger partial charge < -0.3 is 0 Å². The van der Waals surface area contributed by atoms with Crippen LogP contribution < -0.4 is 0 Å². The SMILES string of the molecule is C=C/C(F)=C(\C=C\C)C(F)(F)F. The van der Waals surface area contributed by atoms with E-state index in [1.54, 1.807) is 0 Å². The lowest BCUT2D eigenvalue weighted by atomic mass is 10.2. The Balaban J connectivity index is 5.05. The van der Waals surface area contributed by atoms with Gasteiger partial charge in [0.05, 0.1) is 5.57 Å². The summed E-state index contributed by atoms with van der Waals surface area (Å²) in [4.78, 5) is 0. The fraction of sp³-hybridized carbons (Fsp3) is 0.250. The zero-order valence-electron chi connectivity index (χ0n) is 6.45. The first-order valence-electron chi connectivity index (χ1n) is 3.15. The minimum absolute atomic E-state index is 0.531. The summed E-state index contributed by atoms with van der Waals surface area (Å²) in [7, 11) is 0. The van der Waals surface area contributed by atoms with Crippen LogP contribution >= 0.6 is 0 Å². The molecule has 0 aliphatic rings. The average Bonchev–Trinajstić information content (AvgIpc) is 1.96. The number of halogens is 4. The molecule has 0 saturated carbocycles. The summed E-state index contributed by atoms with van der Waals surface area (Å²) in [6, 6.07) is 0. The first kappa shape index (κ1) is 10.9. The number of alkyl halides is 3. The lowest BCUT2D eigenvalue weighted by Gasteiger charge is -2.06. The molecule has 68 valence electrons. The lowest BCUT2D eigenvalue weighted by molar-refractivity contribution is -0.0897. The molecule has 0 aliphatic heterocycles. The van der Waals surface area contributed by atoms with Crippen molar-refractivity contribution in [3.05, 3.63) is 36.2 Å². The fourth-order valence-electron chi connectivity index (χ4n) is 0.586. The normalized spacial score (nSPS) is 14.8. The maximum absolute atomic E-state index is 12.5. The topological polar surface area (TPSA) is 0 Å². The first-order chi connectivity index (χ1) is 5.43. The molecule has 0 aromatic rings. The van der Waals surface area contributed by atoms with Gasteiger partial charge in [-0.25, -0.2) is 4.39 Å². The predicted molar refractivity (Wildman–Crippen MR) is 39.2 cm³/mol. The predicted octanol–water partition coefficient (Wildman–Crippen LogP) is 3.53. The highest BCUT2D eigenvalue weighted by Gasteiger charge is 2.34. The van der Waals surface area contributed by atoms with Gasteiger partial charge in [0.2, 0.25) is 0 Å². The van der Waals surface area contributed by atoms with Crippen molar-refractivity contribution in [2.45, 2.75) is 13.1 Å². The Morgan fingerprint density at radius 3 is 2.08 bits per heavy atom. The van der Waals surface area contributed by atoms with E-state index in [2.05, 4.69) is 6.58 Å². The zero-order valence-corrected chi connectivity index (χ0v) is 6.45. The van der Waals surface area contributed by atoms with E-state index in [0.29, 0.717) is 12.2 Å². The second kappa shape index (κ2) is 4.09. The van der Waals surface area contributed by atoms with Gasteiger partial charge in [0.25, 0.3) is 0 Å². The summed E-state index contributed by atoms with van der Waals surface area (Å²) in [6.07, 6.45) is -2.35. The molecule has 0 aromatic heterocycles. The highest BCUT2D eigenvalue weighted by molar-refractivity contribution is 5.31. The van der Waals surface area contributed by atoms with Crippen LogP contribution in [0.5, 0.6) is 0 Å². The number of allylic oxidation sites excluding steroid dienone is 5. The van der Waals surface area contributed by atoms with Crippen LogP contribution in [0.3, 0.4) is 0 Å². The molecule has 12 heavy (non-hydrogen) atoms. The van der Waals surface area contributed by atoms with Crippen LogP contribution in [-0.4, -0.2) is 6.18 Å². The van der Waals surface area contributed by atoms with E-state index in [0.717, 1.165) is 6.08 Å². The van der Waals surface area contributed by atoms with Gasteiger partial charge >= 0.3 is 6.18 Å². The van der Waals surface area contributed by atoms with Gasteiger partial charge in [-0.15, -0.1) is 0 Å². The lowest BCUT2D eigenvalue weighted by Crippen LogP contribution is -2.11. The Morgan fingerprint density at radius 2 is 1.83 bits per heavy atom. The maximum atomic E-state index is 12.5. The van der Waals surface area contributed by atoms with E-state index >= 15 is 0 Å². The molecule has 0 rings (SSSR count). The van der Waals surface area contributed by atoms with Crippen LogP contribution in [0.1, 0.15) is 6.92 Å². The molecule has 0 saturated heterocycles. The largest absolute Gasteiger partial charge is 0.419 e. The van der Waals surface area contributed by atoms with Crippen molar-refractivity contribution in [2.75, 3.05) is 0 Å². The second-order valence-corrected chi connectivity index (χ2v) is 1.96. The molecule has 0 radical (unpaired) electrons. The summed E-state index contributed by atoms with van der Waals surface area (Å²) >= 11 is 0. The van der Waals surface area contributed by atoms with Crippen molar-refractivity contribution in [3.8, 4) is 0 Å². The van der Waals surface area contributed by atoms with Crippen LogP contribution in [0.25, 0.3) is 0 Å². The highest BCUT2D eigenvalue weighted by atomic mass is 19.4. The van der Waals surface area contributed by atoms with Gasteiger partial charge in [0, 0.05) is 0 Å². The van der Waals surface area contributed by atoms with Crippen LogP contribution in [0, 0.1) is 0 Å². The van der Waals surface area contributed by atoms with Crippen LogP contribution in [0.15, 0.2) is 36.2 Å².